The van der Waals surface area contributed by atoms with Gasteiger partial charge in [0.25, 0.3) is 0 Å². The van der Waals surface area contributed by atoms with Gasteiger partial charge in [-0.3, -0.25) is 14.4 Å². The first-order valence-corrected chi connectivity index (χ1v) is 9.70. The van der Waals surface area contributed by atoms with E-state index in [9.17, 15) is 18.8 Å². The molecule has 2 aliphatic rings. The van der Waals surface area contributed by atoms with Gasteiger partial charge in [-0.15, -0.1) is 0 Å². The van der Waals surface area contributed by atoms with Crippen LogP contribution in [-0.2, 0) is 20.8 Å². The molecule has 28 heavy (non-hydrogen) atoms. The third kappa shape index (κ3) is 4.77. The van der Waals surface area contributed by atoms with Crippen molar-refractivity contribution in [1.29, 1.82) is 0 Å². The second-order valence-corrected chi connectivity index (χ2v) is 7.32. The number of likely N-dealkylation sites (tertiary alicyclic amines) is 1. The minimum atomic E-state index is -0.346. The number of carbonyl (C=O) groups is 3. The monoisotopic (exact) mass is 387 g/mol. The van der Waals surface area contributed by atoms with E-state index in [1.165, 1.54) is 18.2 Å². The summed E-state index contributed by atoms with van der Waals surface area (Å²) in [5, 5.41) is 0. The van der Waals surface area contributed by atoms with Crippen molar-refractivity contribution >= 4 is 17.7 Å². The first-order chi connectivity index (χ1) is 13.5. The third-order valence-electron chi connectivity index (χ3n) is 5.52. The van der Waals surface area contributed by atoms with Gasteiger partial charge in [0.15, 0.2) is 0 Å². The summed E-state index contributed by atoms with van der Waals surface area (Å²) in [6.45, 7) is 6.67. The van der Waals surface area contributed by atoms with Crippen LogP contribution in [0.25, 0.3) is 0 Å². The van der Waals surface area contributed by atoms with Gasteiger partial charge in [0.1, 0.15) is 5.82 Å². The van der Waals surface area contributed by atoms with Crippen LogP contribution in [-0.4, -0.2) is 71.7 Å². The summed E-state index contributed by atoms with van der Waals surface area (Å²) >= 11 is 0. The number of halogens is 1. The third-order valence-corrected chi connectivity index (χ3v) is 5.52. The SMILES string of the molecule is C=CC(=O)N1CCC(C(=O)N2CCN(C(=O)Cc3cccc(F)c3)CC2)CC1. The Morgan fingerprint density at radius 3 is 2.25 bits per heavy atom. The van der Waals surface area contributed by atoms with Crippen LogP contribution >= 0.6 is 0 Å². The minimum absolute atomic E-state index is 0.0473. The van der Waals surface area contributed by atoms with Crippen molar-refractivity contribution in [3.05, 3.63) is 48.3 Å². The summed E-state index contributed by atoms with van der Waals surface area (Å²) in [6, 6.07) is 6.07. The average Bonchev–Trinajstić information content (AvgIpc) is 2.73. The van der Waals surface area contributed by atoms with Crippen molar-refractivity contribution in [3.63, 3.8) is 0 Å². The molecule has 0 N–H and O–H groups in total. The van der Waals surface area contributed by atoms with Crippen LogP contribution in [0.2, 0.25) is 0 Å². The quantitative estimate of drug-likeness (QED) is 0.735. The highest BCUT2D eigenvalue weighted by molar-refractivity contribution is 5.87. The van der Waals surface area contributed by atoms with Gasteiger partial charge < -0.3 is 14.7 Å². The lowest BCUT2D eigenvalue weighted by atomic mass is 9.95. The van der Waals surface area contributed by atoms with Gasteiger partial charge >= 0.3 is 0 Å². The maximum atomic E-state index is 13.3. The van der Waals surface area contributed by atoms with Crippen LogP contribution < -0.4 is 0 Å². The number of amides is 3. The molecule has 1 aromatic carbocycles. The zero-order valence-electron chi connectivity index (χ0n) is 16.0. The number of rotatable bonds is 4. The lowest BCUT2D eigenvalue weighted by molar-refractivity contribution is -0.143. The van der Waals surface area contributed by atoms with Crippen molar-refractivity contribution < 1.29 is 18.8 Å². The van der Waals surface area contributed by atoms with Crippen LogP contribution in [0, 0.1) is 11.7 Å². The molecule has 0 radical (unpaired) electrons. The molecule has 2 saturated heterocycles. The Morgan fingerprint density at radius 1 is 1.00 bits per heavy atom. The van der Waals surface area contributed by atoms with E-state index >= 15 is 0 Å². The second kappa shape index (κ2) is 8.99. The number of piperidine rings is 1. The molecule has 0 aromatic heterocycles. The van der Waals surface area contributed by atoms with Crippen molar-refractivity contribution in [2.45, 2.75) is 19.3 Å². The molecule has 0 atom stereocenters. The van der Waals surface area contributed by atoms with E-state index in [2.05, 4.69) is 6.58 Å². The Kier molecular flexibility index (Phi) is 6.44. The van der Waals surface area contributed by atoms with E-state index in [4.69, 9.17) is 0 Å². The molecule has 6 nitrogen and oxygen atoms in total. The number of hydrogen-bond acceptors (Lipinski definition) is 3. The van der Waals surface area contributed by atoms with Gasteiger partial charge in [-0.1, -0.05) is 18.7 Å². The predicted molar refractivity (Wildman–Crippen MR) is 103 cm³/mol. The molecule has 1 aromatic rings. The fourth-order valence-corrected chi connectivity index (χ4v) is 3.84. The normalized spacial score (nSPS) is 18.1. The topological polar surface area (TPSA) is 60.9 Å². The predicted octanol–water partition coefficient (Wildman–Crippen LogP) is 1.46. The molecule has 150 valence electrons. The second-order valence-electron chi connectivity index (χ2n) is 7.32. The van der Waals surface area contributed by atoms with Crippen molar-refractivity contribution in [2.75, 3.05) is 39.3 Å². The molecule has 0 spiro atoms. The summed E-state index contributed by atoms with van der Waals surface area (Å²) in [6.07, 6.45) is 2.80. The first-order valence-electron chi connectivity index (χ1n) is 9.70. The number of hydrogen-bond donors (Lipinski definition) is 0. The minimum Gasteiger partial charge on any atom is -0.339 e. The molecule has 7 heteroatoms. The molecule has 2 heterocycles. The fourth-order valence-electron chi connectivity index (χ4n) is 3.84. The van der Waals surface area contributed by atoms with Crippen molar-refractivity contribution in [1.82, 2.24) is 14.7 Å². The van der Waals surface area contributed by atoms with E-state index in [1.807, 2.05) is 4.90 Å². The molecule has 3 amide bonds. The molecule has 2 fully saturated rings. The lowest BCUT2D eigenvalue weighted by Crippen LogP contribution is -2.53. The Bertz CT molecular complexity index is 751. The van der Waals surface area contributed by atoms with Gasteiger partial charge in [-0.2, -0.15) is 0 Å². The highest BCUT2D eigenvalue weighted by atomic mass is 19.1. The van der Waals surface area contributed by atoms with E-state index in [0.717, 1.165) is 0 Å². The van der Waals surface area contributed by atoms with Crippen molar-refractivity contribution in [2.24, 2.45) is 5.92 Å². The largest absolute Gasteiger partial charge is 0.339 e. The smallest absolute Gasteiger partial charge is 0.245 e. The summed E-state index contributed by atoms with van der Waals surface area (Å²) < 4.78 is 13.3. The number of piperazine rings is 1. The highest BCUT2D eigenvalue weighted by Crippen LogP contribution is 2.21. The van der Waals surface area contributed by atoms with Gasteiger partial charge in [-0.25, -0.2) is 4.39 Å². The van der Waals surface area contributed by atoms with Crippen molar-refractivity contribution in [3.8, 4) is 0 Å². The zero-order valence-corrected chi connectivity index (χ0v) is 16.0. The Balaban J connectivity index is 1.46. The highest BCUT2D eigenvalue weighted by Gasteiger charge is 2.32. The molecule has 3 rings (SSSR count). The molecular weight excluding hydrogens is 361 g/mol. The summed E-state index contributed by atoms with van der Waals surface area (Å²) in [4.78, 5) is 42.1. The standard InChI is InChI=1S/C21H26FN3O3/c1-2-19(26)23-8-6-17(7-9-23)21(28)25-12-10-24(11-13-25)20(27)15-16-4-3-5-18(22)14-16/h2-5,14,17H,1,6-13,15H2. The van der Waals surface area contributed by atoms with E-state index in [0.29, 0.717) is 57.7 Å². The Labute approximate surface area is 164 Å². The Morgan fingerprint density at radius 2 is 1.64 bits per heavy atom. The number of carbonyl (C=O) groups excluding carboxylic acids is 3. The molecule has 0 aliphatic carbocycles. The maximum Gasteiger partial charge on any atom is 0.245 e. The van der Waals surface area contributed by atoms with Gasteiger partial charge in [-0.05, 0) is 36.6 Å². The first kappa shape index (κ1) is 20.0. The molecular formula is C21H26FN3O3. The van der Waals surface area contributed by atoms with Crippen LogP contribution in [0.4, 0.5) is 4.39 Å². The molecule has 2 aliphatic heterocycles. The molecule has 0 bridgehead atoms. The fraction of sp³-hybridized carbons (Fsp3) is 0.476. The van der Waals surface area contributed by atoms with Gasteiger partial charge in [0, 0.05) is 45.2 Å². The number of nitrogens with zero attached hydrogens (tertiary/aromatic N) is 3. The maximum absolute atomic E-state index is 13.3. The lowest BCUT2D eigenvalue weighted by Gasteiger charge is -2.38. The van der Waals surface area contributed by atoms with E-state index < -0.39 is 0 Å². The van der Waals surface area contributed by atoms with Gasteiger partial charge in [0.05, 0.1) is 6.42 Å². The van der Waals surface area contributed by atoms with E-state index in [-0.39, 0.29) is 35.9 Å². The number of benzene rings is 1. The average molecular weight is 387 g/mol. The van der Waals surface area contributed by atoms with Crippen LogP contribution in [0.15, 0.2) is 36.9 Å². The summed E-state index contributed by atoms with van der Waals surface area (Å²) in [7, 11) is 0. The summed E-state index contributed by atoms with van der Waals surface area (Å²) in [5.74, 6) is -0.432. The molecule has 0 unspecified atom stereocenters. The Hall–Kier alpha value is -2.70. The summed E-state index contributed by atoms with van der Waals surface area (Å²) in [5.41, 5.74) is 0.657. The van der Waals surface area contributed by atoms with Gasteiger partial charge in [0.2, 0.25) is 17.7 Å². The zero-order chi connectivity index (χ0) is 20.1. The van der Waals surface area contributed by atoms with E-state index in [1.54, 1.807) is 21.9 Å². The van der Waals surface area contributed by atoms with Crippen LogP contribution in [0.5, 0.6) is 0 Å². The van der Waals surface area contributed by atoms with Crippen LogP contribution in [0.1, 0.15) is 18.4 Å². The van der Waals surface area contributed by atoms with Crippen LogP contribution in [0.3, 0.4) is 0 Å². The molecule has 0 saturated carbocycles.